The van der Waals surface area contributed by atoms with Gasteiger partial charge in [0.25, 0.3) is 0 Å². The molecular formula is C6H8O4. The second kappa shape index (κ2) is 2.32. The van der Waals surface area contributed by atoms with Gasteiger partial charge in [-0.1, -0.05) is 12.2 Å². The molecule has 4 heteroatoms. The van der Waals surface area contributed by atoms with Crippen LogP contribution in [0, 0.1) is 0 Å². The van der Waals surface area contributed by atoms with Gasteiger partial charge in [0.05, 0.1) is 0 Å². The van der Waals surface area contributed by atoms with Gasteiger partial charge < -0.3 is 0 Å². The smallest absolute Gasteiger partial charge is 0.141 e. The van der Waals surface area contributed by atoms with Gasteiger partial charge in [-0.2, -0.15) is 0 Å². The highest BCUT2D eigenvalue weighted by Crippen LogP contribution is 2.26. The van der Waals surface area contributed by atoms with Crippen LogP contribution in [0.5, 0.6) is 0 Å². The van der Waals surface area contributed by atoms with Crippen LogP contribution in [0.3, 0.4) is 0 Å². The molecule has 2 bridgehead atoms. The van der Waals surface area contributed by atoms with Crippen LogP contribution in [0.25, 0.3) is 0 Å². The first kappa shape index (κ1) is 6.30. The molecule has 3 atom stereocenters. The van der Waals surface area contributed by atoms with E-state index in [0.29, 0.717) is 6.42 Å². The quantitative estimate of drug-likeness (QED) is 0.331. The van der Waals surface area contributed by atoms with Crippen molar-refractivity contribution in [3.8, 4) is 0 Å². The Balaban J connectivity index is 2.11. The lowest BCUT2D eigenvalue weighted by molar-refractivity contribution is -0.415. The highest BCUT2D eigenvalue weighted by atomic mass is 17.2. The van der Waals surface area contributed by atoms with Crippen molar-refractivity contribution < 1.29 is 19.9 Å². The molecule has 56 valence electrons. The first-order valence-electron chi connectivity index (χ1n) is 3.21. The Labute approximate surface area is 57.9 Å². The van der Waals surface area contributed by atoms with Crippen LogP contribution < -0.4 is 0 Å². The zero-order valence-electron chi connectivity index (χ0n) is 5.27. The van der Waals surface area contributed by atoms with E-state index in [2.05, 4.69) is 4.89 Å². The van der Waals surface area contributed by atoms with E-state index in [1.807, 2.05) is 12.2 Å². The van der Waals surface area contributed by atoms with E-state index < -0.39 is 0 Å². The summed E-state index contributed by atoms with van der Waals surface area (Å²) in [6.45, 7) is 0. The van der Waals surface area contributed by atoms with Crippen LogP contribution >= 0.6 is 0 Å². The first-order valence-corrected chi connectivity index (χ1v) is 3.21. The van der Waals surface area contributed by atoms with Crippen LogP contribution in [-0.2, 0) is 14.7 Å². The van der Waals surface area contributed by atoms with Gasteiger partial charge in [-0.05, 0) is 0 Å². The Morgan fingerprint density at radius 1 is 1.40 bits per heavy atom. The molecule has 0 unspecified atom stereocenters. The lowest BCUT2D eigenvalue weighted by Crippen LogP contribution is -2.42. The maximum Gasteiger partial charge on any atom is 0.141 e. The second-order valence-corrected chi connectivity index (χ2v) is 2.46. The molecule has 0 aromatic carbocycles. The second-order valence-electron chi connectivity index (χ2n) is 2.46. The normalized spacial score (nSPS) is 44.3. The number of rotatable bonds is 1. The summed E-state index contributed by atoms with van der Waals surface area (Å²) in [6, 6.07) is 0. The van der Waals surface area contributed by atoms with Gasteiger partial charge in [0, 0.05) is 6.42 Å². The molecule has 4 nitrogen and oxygen atoms in total. The summed E-state index contributed by atoms with van der Waals surface area (Å²) in [6.07, 6.45) is 3.85. The van der Waals surface area contributed by atoms with Crippen LogP contribution in [0.1, 0.15) is 6.42 Å². The monoisotopic (exact) mass is 144 g/mol. The highest BCUT2D eigenvalue weighted by Gasteiger charge is 2.35. The average molecular weight is 144 g/mol. The van der Waals surface area contributed by atoms with Crippen molar-refractivity contribution in [2.45, 2.75) is 24.7 Å². The molecule has 0 aromatic rings. The summed E-state index contributed by atoms with van der Waals surface area (Å²) >= 11 is 0. The Bertz CT molecular complexity index is 156. The van der Waals surface area contributed by atoms with Crippen molar-refractivity contribution in [2.24, 2.45) is 0 Å². The fourth-order valence-electron chi connectivity index (χ4n) is 1.20. The van der Waals surface area contributed by atoms with Crippen LogP contribution in [-0.4, -0.2) is 23.6 Å². The van der Waals surface area contributed by atoms with E-state index in [-0.39, 0.29) is 18.3 Å². The minimum absolute atomic E-state index is 0.0536. The predicted molar refractivity (Wildman–Crippen MR) is 31.0 cm³/mol. The van der Waals surface area contributed by atoms with Crippen LogP contribution in [0.15, 0.2) is 12.2 Å². The maximum atomic E-state index is 8.34. The van der Waals surface area contributed by atoms with Gasteiger partial charge in [-0.3, -0.25) is 5.26 Å². The molecule has 3 aliphatic rings. The summed E-state index contributed by atoms with van der Waals surface area (Å²) in [5, 5.41) is 8.34. The van der Waals surface area contributed by atoms with Gasteiger partial charge in [0.2, 0.25) is 0 Å². The zero-order chi connectivity index (χ0) is 6.97. The van der Waals surface area contributed by atoms with Crippen LogP contribution in [0.4, 0.5) is 0 Å². The third kappa shape index (κ3) is 0.856. The molecule has 0 saturated carbocycles. The van der Waals surface area contributed by atoms with Crippen molar-refractivity contribution in [3.05, 3.63) is 12.2 Å². The van der Waals surface area contributed by atoms with E-state index in [0.717, 1.165) is 0 Å². The Hall–Kier alpha value is -0.420. The van der Waals surface area contributed by atoms with E-state index >= 15 is 0 Å². The van der Waals surface area contributed by atoms with E-state index in [1.165, 1.54) is 0 Å². The average Bonchev–Trinajstić information content (AvgIpc) is 2.06. The van der Waals surface area contributed by atoms with Crippen molar-refractivity contribution in [3.63, 3.8) is 0 Å². The number of fused-ring (bicyclic) bond motifs is 2. The lowest BCUT2D eigenvalue weighted by Gasteiger charge is -2.34. The van der Waals surface area contributed by atoms with Crippen molar-refractivity contribution in [2.75, 3.05) is 0 Å². The van der Waals surface area contributed by atoms with E-state index in [9.17, 15) is 0 Å². The molecule has 2 heterocycles. The SMILES string of the molecule is OO[C@@H]1C[C@@H]2C=C[C@H]1OO2. The summed E-state index contributed by atoms with van der Waals surface area (Å²) < 4.78 is 0. The predicted octanol–water partition coefficient (Wildman–Crippen LogP) is 0.504. The van der Waals surface area contributed by atoms with Gasteiger partial charge in [-0.15, -0.1) is 0 Å². The highest BCUT2D eigenvalue weighted by molar-refractivity contribution is 5.06. The van der Waals surface area contributed by atoms with Crippen molar-refractivity contribution in [1.29, 1.82) is 0 Å². The molecule has 2 aliphatic heterocycles. The summed E-state index contributed by atoms with van der Waals surface area (Å²) in [5.41, 5.74) is 0. The lowest BCUT2D eigenvalue weighted by atomic mass is 9.99. The Morgan fingerprint density at radius 2 is 2.30 bits per heavy atom. The number of hydrogen-bond acceptors (Lipinski definition) is 4. The van der Waals surface area contributed by atoms with E-state index in [1.54, 1.807) is 0 Å². The number of hydrogen-bond donors (Lipinski definition) is 1. The van der Waals surface area contributed by atoms with Crippen molar-refractivity contribution >= 4 is 0 Å². The molecule has 10 heavy (non-hydrogen) atoms. The van der Waals surface area contributed by atoms with Gasteiger partial charge >= 0.3 is 0 Å². The Kier molecular flexibility index (Phi) is 1.46. The molecule has 0 radical (unpaired) electrons. The topological polar surface area (TPSA) is 47.9 Å². The molecular weight excluding hydrogens is 136 g/mol. The minimum Gasteiger partial charge on any atom is -0.251 e. The molecule has 0 amide bonds. The molecule has 0 spiro atoms. The molecule has 1 fully saturated rings. The van der Waals surface area contributed by atoms with Crippen molar-refractivity contribution in [1.82, 2.24) is 0 Å². The molecule has 1 aliphatic carbocycles. The summed E-state index contributed by atoms with van der Waals surface area (Å²) in [4.78, 5) is 13.8. The van der Waals surface area contributed by atoms with Gasteiger partial charge in [0.1, 0.15) is 18.3 Å². The zero-order valence-corrected chi connectivity index (χ0v) is 5.27. The van der Waals surface area contributed by atoms with Crippen LogP contribution in [0.2, 0.25) is 0 Å². The third-order valence-electron chi connectivity index (χ3n) is 1.77. The standard InChI is InChI=1S/C6H8O4/c7-8-6-3-4-1-2-5(6)10-9-4/h1-2,4-7H,3H2/t4-,5+,6+/m0/s1. The van der Waals surface area contributed by atoms with Gasteiger partial charge in [-0.25, -0.2) is 14.7 Å². The maximum absolute atomic E-state index is 8.34. The fourth-order valence-corrected chi connectivity index (χ4v) is 1.20. The minimum atomic E-state index is -0.260. The summed E-state index contributed by atoms with van der Waals surface area (Å²) in [7, 11) is 0. The fraction of sp³-hybridized carbons (Fsp3) is 0.667. The first-order chi connectivity index (χ1) is 4.90. The largest absolute Gasteiger partial charge is 0.251 e. The molecule has 3 rings (SSSR count). The van der Waals surface area contributed by atoms with Gasteiger partial charge in [0.15, 0.2) is 0 Å². The van der Waals surface area contributed by atoms with E-state index in [4.69, 9.17) is 15.0 Å². The Morgan fingerprint density at radius 3 is 2.60 bits per heavy atom. The third-order valence-corrected chi connectivity index (χ3v) is 1.77. The molecule has 1 saturated heterocycles. The summed E-state index contributed by atoms with van der Waals surface area (Å²) in [5.74, 6) is 0. The molecule has 1 N–H and O–H groups in total. The molecule has 0 aromatic heterocycles.